The predicted octanol–water partition coefficient (Wildman–Crippen LogP) is 3.06. The highest BCUT2D eigenvalue weighted by molar-refractivity contribution is 8.58. The highest BCUT2D eigenvalue weighted by Gasteiger charge is 2.19. The third kappa shape index (κ3) is 9.20. The lowest BCUT2D eigenvalue weighted by Crippen LogP contribution is -2.31. The van der Waals surface area contributed by atoms with Crippen LogP contribution in [0.5, 0.6) is 0 Å². The maximum absolute atomic E-state index is 12.1. The standard InChI is InChI=1S/C22H28N3O7PS2/c1-3-32-33(28,4-2)34-16-15-25-22(27)12-11-21(26)24-14-13-23-19-9-5-8-18-17(19)7-6-10-20(18)35(29,30)31/h2,5-10,23H,3,11-16H2,1H3,(H,24,26)(H,25,27)(H,29,30,31). The number of benzene rings is 2. The summed E-state index contributed by atoms with van der Waals surface area (Å²) in [5.74, 6) is -0.280. The van der Waals surface area contributed by atoms with Crippen LogP contribution < -0.4 is 16.0 Å². The minimum absolute atomic E-state index is 0.00389. The SMILES string of the molecule is C#CP(=O)(OCC)SCCNC(=O)CCC(=O)NCCNc1cccc2c(S(=O)(=O)O)cccc12. The van der Waals surface area contributed by atoms with Gasteiger partial charge in [-0.25, -0.2) is 0 Å². The number of anilines is 1. The average molecular weight is 542 g/mol. The number of carbonyl (C=O) groups excluding carboxylic acids is 2. The van der Waals surface area contributed by atoms with Gasteiger partial charge in [0.1, 0.15) is 4.90 Å². The first kappa shape index (κ1) is 28.7. The zero-order valence-corrected chi connectivity index (χ0v) is 21.7. The first-order chi connectivity index (χ1) is 16.6. The molecule has 0 radical (unpaired) electrons. The molecule has 0 fully saturated rings. The van der Waals surface area contributed by atoms with Crippen LogP contribution in [0.15, 0.2) is 41.3 Å². The Labute approximate surface area is 208 Å². The van der Waals surface area contributed by atoms with Crippen LogP contribution >= 0.6 is 18.0 Å². The highest BCUT2D eigenvalue weighted by Crippen LogP contribution is 2.58. The Balaban J connectivity index is 1.71. The fraction of sp³-hybridized carbons (Fsp3) is 0.364. The van der Waals surface area contributed by atoms with Gasteiger partial charge in [0.05, 0.1) is 6.61 Å². The second-order valence-corrected chi connectivity index (χ2v) is 12.9. The number of amides is 2. The summed E-state index contributed by atoms with van der Waals surface area (Å²) in [6, 6.07) is 9.61. The lowest BCUT2D eigenvalue weighted by Gasteiger charge is -2.12. The van der Waals surface area contributed by atoms with Gasteiger partial charge in [-0.05, 0) is 24.7 Å². The molecule has 1 unspecified atom stereocenters. The van der Waals surface area contributed by atoms with E-state index < -0.39 is 16.7 Å². The smallest absolute Gasteiger partial charge is 0.329 e. The van der Waals surface area contributed by atoms with Crippen LogP contribution in [-0.2, 0) is 28.8 Å². The Morgan fingerprint density at radius 3 is 2.31 bits per heavy atom. The van der Waals surface area contributed by atoms with Crippen LogP contribution in [0.2, 0.25) is 0 Å². The number of nitrogens with one attached hydrogen (secondary N) is 3. The molecule has 1 atom stereocenters. The van der Waals surface area contributed by atoms with E-state index in [1.54, 1.807) is 31.2 Å². The molecule has 0 aliphatic heterocycles. The summed E-state index contributed by atoms with van der Waals surface area (Å²) in [6.07, 6.45) is 5.23. The van der Waals surface area contributed by atoms with E-state index >= 15 is 0 Å². The first-order valence-electron chi connectivity index (χ1n) is 10.7. The molecule has 13 heteroatoms. The van der Waals surface area contributed by atoms with E-state index in [1.165, 1.54) is 12.1 Å². The van der Waals surface area contributed by atoms with Crippen LogP contribution in [0.25, 0.3) is 10.8 Å². The highest BCUT2D eigenvalue weighted by atomic mass is 32.7. The number of hydrogen-bond acceptors (Lipinski definition) is 8. The fourth-order valence-electron chi connectivity index (χ4n) is 3.10. The van der Waals surface area contributed by atoms with Crippen LogP contribution in [0.4, 0.5) is 5.69 Å². The van der Waals surface area contributed by atoms with Crippen molar-refractivity contribution in [2.75, 3.05) is 37.3 Å². The molecule has 4 N–H and O–H groups in total. The molecule has 0 saturated heterocycles. The van der Waals surface area contributed by atoms with E-state index in [-0.39, 0.29) is 49.2 Å². The Kier molecular flexibility index (Phi) is 11.1. The zero-order chi connectivity index (χ0) is 25.9. The van der Waals surface area contributed by atoms with Crippen molar-refractivity contribution in [1.82, 2.24) is 10.6 Å². The van der Waals surface area contributed by atoms with Gasteiger partial charge in [-0.1, -0.05) is 35.6 Å². The molecule has 0 spiro atoms. The van der Waals surface area contributed by atoms with Crippen LogP contribution in [0.3, 0.4) is 0 Å². The van der Waals surface area contributed by atoms with E-state index in [2.05, 4.69) is 21.6 Å². The van der Waals surface area contributed by atoms with Crippen molar-refractivity contribution < 1.29 is 31.6 Å². The summed E-state index contributed by atoms with van der Waals surface area (Å²) in [4.78, 5) is 23.7. The number of terminal acetylenes is 1. The molecule has 2 aromatic carbocycles. The molecule has 0 aliphatic rings. The predicted molar refractivity (Wildman–Crippen MR) is 138 cm³/mol. The molecule has 0 saturated carbocycles. The van der Waals surface area contributed by atoms with Gasteiger partial charge in [0.25, 0.3) is 10.1 Å². The summed E-state index contributed by atoms with van der Waals surface area (Å²) >= 11 is 0.983. The number of fused-ring (bicyclic) bond motifs is 1. The van der Waals surface area contributed by atoms with Crippen molar-refractivity contribution >= 4 is 56.3 Å². The summed E-state index contributed by atoms with van der Waals surface area (Å²) in [5, 5.41) is 9.47. The average Bonchev–Trinajstić information content (AvgIpc) is 2.82. The molecule has 2 aromatic rings. The third-order valence-corrected chi connectivity index (χ3v) is 9.40. The van der Waals surface area contributed by atoms with Crippen LogP contribution in [0, 0.1) is 12.1 Å². The van der Waals surface area contributed by atoms with E-state index in [9.17, 15) is 27.1 Å². The van der Waals surface area contributed by atoms with Crippen molar-refractivity contribution in [3.05, 3.63) is 36.4 Å². The molecule has 35 heavy (non-hydrogen) atoms. The lowest BCUT2D eigenvalue weighted by molar-refractivity contribution is -0.126. The minimum atomic E-state index is -4.36. The summed E-state index contributed by atoms with van der Waals surface area (Å²) in [7, 11) is -4.36. The zero-order valence-electron chi connectivity index (χ0n) is 19.2. The second kappa shape index (κ2) is 13.5. The quantitative estimate of drug-likeness (QED) is 0.122. The van der Waals surface area contributed by atoms with E-state index in [0.717, 1.165) is 11.4 Å². The van der Waals surface area contributed by atoms with Gasteiger partial charge in [-0.3, -0.25) is 18.7 Å². The van der Waals surface area contributed by atoms with Crippen LogP contribution in [0.1, 0.15) is 19.8 Å². The minimum Gasteiger partial charge on any atom is -0.383 e. The van der Waals surface area contributed by atoms with Gasteiger partial charge in [-0.2, -0.15) is 8.42 Å². The van der Waals surface area contributed by atoms with E-state index in [4.69, 9.17) is 10.9 Å². The van der Waals surface area contributed by atoms with Gasteiger partial charge in [-0.15, -0.1) is 6.42 Å². The molecule has 2 amide bonds. The van der Waals surface area contributed by atoms with Crippen molar-refractivity contribution in [1.29, 1.82) is 0 Å². The first-order valence-corrected chi connectivity index (χ1v) is 15.4. The Hall–Kier alpha value is -2.55. The van der Waals surface area contributed by atoms with E-state index in [1.807, 2.05) is 0 Å². The summed E-state index contributed by atoms with van der Waals surface area (Å²) in [5.41, 5.74) is 2.80. The van der Waals surface area contributed by atoms with Gasteiger partial charge in [0.15, 0.2) is 0 Å². The molecular weight excluding hydrogens is 513 g/mol. The molecule has 2 rings (SSSR count). The van der Waals surface area contributed by atoms with Crippen molar-refractivity contribution in [2.24, 2.45) is 0 Å². The summed E-state index contributed by atoms with van der Waals surface area (Å²) in [6.45, 7) is -0.345. The number of rotatable bonds is 14. The fourth-order valence-corrected chi connectivity index (χ4v) is 6.56. The molecule has 0 heterocycles. The molecular formula is C22H28N3O7PS2. The third-order valence-electron chi connectivity index (χ3n) is 4.64. The molecule has 0 bridgehead atoms. The summed E-state index contributed by atoms with van der Waals surface area (Å²) < 4.78 is 49.7. The Bertz CT molecular complexity index is 1250. The number of carbonyl (C=O) groups is 2. The van der Waals surface area contributed by atoms with Gasteiger partial charge in [0, 0.05) is 54.7 Å². The Morgan fingerprint density at radius 1 is 1.06 bits per heavy atom. The topological polar surface area (TPSA) is 151 Å². The largest absolute Gasteiger partial charge is 0.383 e. The molecule has 10 nitrogen and oxygen atoms in total. The van der Waals surface area contributed by atoms with Gasteiger partial charge in [0.2, 0.25) is 11.8 Å². The van der Waals surface area contributed by atoms with Crippen LogP contribution in [-0.4, -0.2) is 56.8 Å². The second-order valence-electron chi connectivity index (χ2n) is 7.14. The van der Waals surface area contributed by atoms with Gasteiger partial charge >= 0.3 is 6.57 Å². The molecule has 0 aromatic heterocycles. The number of hydrogen-bond donors (Lipinski definition) is 4. The lowest BCUT2D eigenvalue weighted by atomic mass is 10.1. The van der Waals surface area contributed by atoms with E-state index in [0.29, 0.717) is 28.8 Å². The molecule has 190 valence electrons. The Morgan fingerprint density at radius 2 is 1.69 bits per heavy atom. The van der Waals surface area contributed by atoms with Crippen molar-refractivity contribution in [3.63, 3.8) is 0 Å². The monoisotopic (exact) mass is 541 g/mol. The van der Waals surface area contributed by atoms with Crippen molar-refractivity contribution in [2.45, 2.75) is 24.7 Å². The normalized spacial score (nSPS) is 12.9. The van der Waals surface area contributed by atoms with Crippen molar-refractivity contribution in [3.8, 4) is 12.1 Å². The maximum Gasteiger partial charge on any atom is 0.329 e. The maximum atomic E-state index is 12.1. The molecule has 0 aliphatic carbocycles. The van der Waals surface area contributed by atoms with Gasteiger partial charge < -0.3 is 20.5 Å².